The highest BCUT2D eigenvalue weighted by atomic mass is 19.1. The van der Waals surface area contributed by atoms with Crippen LogP contribution in [-0.2, 0) is 19.1 Å². The number of hydrogen-bond donors (Lipinski definition) is 1. The second-order valence-electron chi connectivity index (χ2n) is 7.50. The number of aryl methyl sites for hydroxylation is 2. The van der Waals surface area contributed by atoms with Gasteiger partial charge in [-0.2, -0.15) is 0 Å². The van der Waals surface area contributed by atoms with Crippen molar-refractivity contribution in [2.45, 2.75) is 32.6 Å². The standard InChI is InChI=1S/C22H24FN3O4/c1-12-6-15(22-25-10-16(23)11-26-22)7-13(2)19(12)20-17(27)8-14(21(20)29)9-18(28)24-4-5-30-3/h6-7,10-11,14,20H,4-5,8-9H2,1-3H3,(H,24,28). The van der Waals surface area contributed by atoms with Crippen molar-refractivity contribution in [1.29, 1.82) is 0 Å². The lowest BCUT2D eigenvalue weighted by molar-refractivity contribution is -0.128. The first-order chi connectivity index (χ1) is 14.3. The minimum absolute atomic E-state index is 0.00954. The summed E-state index contributed by atoms with van der Waals surface area (Å²) in [5, 5.41) is 2.68. The first-order valence-electron chi connectivity index (χ1n) is 9.73. The Morgan fingerprint density at radius 2 is 1.83 bits per heavy atom. The molecule has 0 radical (unpaired) electrons. The molecule has 8 heteroatoms. The van der Waals surface area contributed by atoms with Crippen molar-refractivity contribution in [3.8, 4) is 11.4 Å². The van der Waals surface area contributed by atoms with Gasteiger partial charge in [0.05, 0.1) is 19.0 Å². The maximum Gasteiger partial charge on any atom is 0.220 e. The number of ether oxygens (including phenoxy) is 1. The number of nitrogens with one attached hydrogen (secondary N) is 1. The second kappa shape index (κ2) is 9.21. The van der Waals surface area contributed by atoms with E-state index in [0.717, 1.165) is 23.5 Å². The number of Topliss-reactive ketones (excluding diaryl/α,β-unsaturated/α-hetero) is 2. The second-order valence-corrected chi connectivity index (χ2v) is 7.50. The minimum atomic E-state index is -0.870. The van der Waals surface area contributed by atoms with Crippen LogP contribution in [0.5, 0.6) is 0 Å². The number of hydrogen-bond acceptors (Lipinski definition) is 6. The zero-order valence-corrected chi connectivity index (χ0v) is 17.2. The van der Waals surface area contributed by atoms with Crippen LogP contribution in [-0.4, -0.2) is 47.7 Å². The molecule has 1 fully saturated rings. The predicted octanol–water partition coefficient (Wildman–Crippen LogP) is 2.29. The number of carbonyl (C=O) groups is 3. The van der Waals surface area contributed by atoms with Crippen molar-refractivity contribution in [3.63, 3.8) is 0 Å². The fourth-order valence-corrected chi connectivity index (χ4v) is 3.94. The van der Waals surface area contributed by atoms with Crippen molar-refractivity contribution < 1.29 is 23.5 Å². The molecule has 1 aliphatic rings. The number of halogens is 1. The summed E-state index contributed by atoms with van der Waals surface area (Å²) in [6.07, 6.45) is 2.23. The molecule has 0 spiro atoms. The van der Waals surface area contributed by atoms with Crippen molar-refractivity contribution in [3.05, 3.63) is 47.0 Å². The first-order valence-corrected chi connectivity index (χ1v) is 9.73. The molecule has 1 heterocycles. The van der Waals surface area contributed by atoms with Gasteiger partial charge in [-0.15, -0.1) is 0 Å². The molecular formula is C22H24FN3O4. The lowest BCUT2D eigenvalue weighted by atomic mass is 9.86. The number of nitrogens with zero attached hydrogens (tertiary/aromatic N) is 2. The van der Waals surface area contributed by atoms with E-state index in [9.17, 15) is 18.8 Å². The summed E-state index contributed by atoms with van der Waals surface area (Å²) in [7, 11) is 1.54. The van der Waals surface area contributed by atoms with Gasteiger partial charge in [0.2, 0.25) is 5.91 Å². The Kier molecular flexibility index (Phi) is 6.66. The molecular weight excluding hydrogens is 389 g/mol. The van der Waals surface area contributed by atoms with Gasteiger partial charge in [0.1, 0.15) is 11.7 Å². The molecule has 1 amide bonds. The van der Waals surface area contributed by atoms with Crippen LogP contribution >= 0.6 is 0 Å². The molecule has 2 unspecified atom stereocenters. The molecule has 2 aromatic rings. The average molecular weight is 413 g/mol. The number of rotatable bonds is 7. The van der Waals surface area contributed by atoms with Gasteiger partial charge < -0.3 is 10.1 Å². The SMILES string of the molecule is COCCNC(=O)CC1CC(=O)C(c2c(C)cc(-c3ncc(F)cn3)cc2C)C1=O. The predicted molar refractivity (Wildman–Crippen MR) is 107 cm³/mol. The van der Waals surface area contributed by atoms with E-state index in [4.69, 9.17) is 4.74 Å². The maximum absolute atomic E-state index is 13.1. The molecule has 0 saturated heterocycles. The Labute approximate surface area is 174 Å². The lowest BCUT2D eigenvalue weighted by Gasteiger charge is -2.17. The molecule has 1 N–H and O–H groups in total. The summed E-state index contributed by atoms with van der Waals surface area (Å²) in [4.78, 5) is 45.7. The molecule has 7 nitrogen and oxygen atoms in total. The molecule has 158 valence electrons. The van der Waals surface area contributed by atoms with Crippen LogP contribution < -0.4 is 5.32 Å². The highest BCUT2D eigenvalue weighted by Crippen LogP contribution is 2.38. The Morgan fingerprint density at radius 3 is 2.43 bits per heavy atom. The molecule has 3 rings (SSSR count). The molecule has 2 atom stereocenters. The number of benzene rings is 1. The maximum atomic E-state index is 13.1. The summed E-state index contributed by atoms with van der Waals surface area (Å²) < 4.78 is 18.0. The number of methoxy groups -OCH3 is 1. The Balaban J connectivity index is 1.81. The summed E-state index contributed by atoms with van der Waals surface area (Å²) in [5.41, 5.74) is 2.86. The Bertz CT molecular complexity index is 952. The van der Waals surface area contributed by atoms with Gasteiger partial charge in [0.15, 0.2) is 17.4 Å². The fourth-order valence-electron chi connectivity index (χ4n) is 3.94. The van der Waals surface area contributed by atoms with Crippen LogP contribution in [0.25, 0.3) is 11.4 Å². The molecule has 1 aromatic heterocycles. The molecule has 1 saturated carbocycles. The lowest BCUT2D eigenvalue weighted by Crippen LogP contribution is -2.30. The van der Waals surface area contributed by atoms with Gasteiger partial charge in [0, 0.05) is 38.0 Å². The van der Waals surface area contributed by atoms with Gasteiger partial charge in [-0.05, 0) is 42.7 Å². The Morgan fingerprint density at radius 1 is 1.20 bits per heavy atom. The van der Waals surface area contributed by atoms with Gasteiger partial charge in [0.25, 0.3) is 0 Å². The monoisotopic (exact) mass is 413 g/mol. The van der Waals surface area contributed by atoms with Crippen LogP contribution in [0, 0.1) is 25.6 Å². The van der Waals surface area contributed by atoms with Crippen LogP contribution in [0.1, 0.15) is 35.4 Å². The molecule has 30 heavy (non-hydrogen) atoms. The minimum Gasteiger partial charge on any atom is -0.383 e. The van der Waals surface area contributed by atoms with E-state index in [1.165, 1.54) is 7.11 Å². The number of aromatic nitrogens is 2. The first kappa shape index (κ1) is 21.7. The van der Waals surface area contributed by atoms with Gasteiger partial charge in [-0.25, -0.2) is 14.4 Å². The summed E-state index contributed by atoms with van der Waals surface area (Å²) in [5.74, 6) is -2.32. The third-order valence-electron chi connectivity index (χ3n) is 5.28. The van der Waals surface area contributed by atoms with Crippen molar-refractivity contribution >= 4 is 17.5 Å². The van der Waals surface area contributed by atoms with Crippen molar-refractivity contribution in [2.24, 2.45) is 5.92 Å². The third kappa shape index (κ3) is 4.59. The molecule has 0 aliphatic heterocycles. The van der Waals surface area contributed by atoms with Gasteiger partial charge >= 0.3 is 0 Å². The number of carbonyl (C=O) groups excluding carboxylic acids is 3. The summed E-state index contributed by atoms with van der Waals surface area (Å²) in [6.45, 7) is 4.38. The zero-order valence-electron chi connectivity index (χ0n) is 17.2. The van der Waals surface area contributed by atoms with Crippen LogP contribution in [0.2, 0.25) is 0 Å². The zero-order chi connectivity index (χ0) is 21.8. The number of amides is 1. The molecule has 0 bridgehead atoms. The average Bonchev–Trinajstić information content (AvgIpc) is 2.96. The van der Waals surface area contributed by atoms with Crippen LogP contribution in [0.4, 0.5) is 4.39 Å². The van der Waals surface area contributed by atoms with Crippen LogP contribution in [0.3, 0.4) is 0 Å². The van der Waals surface area contributed by atoms with Crippen LogP contribution in [0.15, 0.2) is 24.5 Å². The van der Waals surface area contributed by atoms with Crippen molar-refractivity contribution in [2.75, 3.05) is 20.3 Å². The van der Waals surface area contributed by atoms with E-state index >= 15 is 0 Å². The summed E-state index contributed by atoms with van der Waals surface area (Å²) in [6, 6.07) is 3.59. The smallest absolute Gasteiger partial charge is 0.220 e. The normalized spacial score (nSPS) is 18.7. The highest BCUT2D eigenvalue weighted by Gasteiger charge is 2.43. The quantitative estimate of drug-likeness (QED) is 0.552. The van der Waals surface area contributed by atoms with E-state index < -0.39 is 17.7 Å². The third-order valence-corrected chi connectivity index (χ3v) is 5.28. The van der Waals surface area contributed by atoms with E-state index in [2.05, 4.69) is 15.3 Å². The van der Waals surface area contributed by atoms with E-state index in [-0.39, 0.29) is 30.3 Å². The number of ketones is 2. The molecule has 1 aromatic carbocycles. The van der Waals surface area contributed by atoms with E-state index in [1.54, 1.807) is 12.1 Å². The molecule has 1 aliphatic carbocycles. The van der Waals surface area contributed by atoms with Gasteiger partial charge in [-0.3, -0.25) is 14.4 Å². The topological polar surface area (TPSA) is 98.2 Å². The summed E-state index contributed by atoms with van der Waals surface area (Å²) >= 11 is 0. The van der Waals surface area contributed by atoms with Crippen molar-refractivity contribution in [1.82, 2.24) is 15.3 Å². The Hall–Kier alpha value is -3.00. The van der Waals surface area contributed by atoms with E-state index in [1.807, 2.05) is 13.8 Å². The highest BCUT2D eigenvalue weighted by molar-refractivity contribution is 6.15. The van der Waals surface area contributed by atoms with E-state index in [0.29, 0.717) is 30.1 Å². The fraction of sp³-hybridized carbons (Fsp3) is 0.409. The largest absolute Gasteiger partial charge is 0.383 e. The van der Waals surface area contributed by atoms with Gasteiger partial charge in [-0.1, -0.05) is 0 Å².